The summed E-state index contributed by atoms with van der Waals surface area (Å²) < 4.78 is 0. The van der Waals surface area contributed by atoms with Crippen LogP contribution in [0.2, 0.25) is 5.54 Å². The van der Waals surface area contributed by atoms with Crippen LogP contribution >= 0.6 is 0 Å². The van der Waals surface area contributed by atoms with Crippen LogP contribution in [0.15, 0.2) is 42.5 Å². The second-order valence-electron chi connectivity index (χ2n) is 4.96. The summed E-state index contributed by atoms with van der Waals surface area (Å²) in [6.45, 7) is 4.61. The molecule has 1 aliphatic rings. The third kappa shape index (κ3) is 1.85. The summed E-state index contributed by atoms with van der Waals surface area (Å²) in [5.74, 6) is 0. The van der Waals surface area contributed by atoms with Crippen molar-refractivity contribution in [2.75, 3.05) is 0 Å². The molecule has 2 aromatic carbocycles. The van der Waals surface area contributed by atoms with Crippen molar-refractivity contribution in [1.29, 1.82) is 0 Å². The van der Waals surface area contributed by atoms with Gasteiger partial charge in [0.2, 0.25) is 0 Å². The Kier molecular flexibility index (Phi) is 2.64. The smallest absolute Gasteiger partial charge is 0.0653 e. The normalized spacial score (nSPS) is 12.6. The molecule has 0 heterocycles. The fraction of sp³-hybridized carbons (Fsp3) is 0.250. The zero-order chi connectivity index (χ0) is 11.8. The molecule has 0 amide bonds. The van der Waals surface area contributed by atoms with Crippen molar-refractivity contribution in [1.82, 2.24) is 0 Å². The van der Waals surface area contributed by atoms with E-state index >= 15 is 0 Å². The molecule has 0 unspecified atom stereocenters. The molecule has 1 heteroatoms. The van der Waals surface area contributed by atoms with Crippen LogP contribution in [0.4, 0.5) is 0 Å². The lowest BCUT2D eigenvalue weighted by molar-refractivity contribution is 1.07. The van der Waals surface area contributed by atoms with Gasteiger partial charge in [-0.1, -0.05) is 67.0 Å². The second kappa shape index (κ2) is 4.15. The van der Waals surface area contributed by atoms with Gasteiger partial charge in [-0.05, 0) is 28.7 Å². The molecular weight excluding hydrogens is 220 g/mol. The Labute approximate surface area is 106 Å². The van der Waals surface area contributed by atoms with Crippen LogP contribution in [0.1, 0.15) is 25.0 Å². The highest BCUT2D eigenvalue weighted by molar-refractivity contribution is 6.55. The average Bonchev–Trinajstić information content (AvgIpc) is 2.68. The molecule has 2 radical (unpaired) electrons. The van der Waals surface area contributed by atoms with E-state index in [-0.39, 0.29) is 0 Å². The fourth-order valence-corrected chi connectivity index (χ4v) is 3.82. The highest BCUT2D eigenvalue weighted by Gasteiger charge is 2.20. The van der Waals surface area contributed by atoms with Crippen LogP contribution in [-0.4, -0.2) is 9.52 Å². The monoisotopic (exact) mass is 236 g/mol. The van der Waals surface area contributed by atoms with E-state index in [9.17, 15) is 0 Å². The van der Waals surface area contributed by atoms with Gasteiger partial charge in [-0.15, -0.1) is 0 Å². The van der Waals surface area contributed by atoms with Crippen LogP contribution in [0, 0.1) is 0 Å². The summed E-state index contributed by atoms with van der Waals surface area (Å²) in [5.41, 5.74) is 6.72. The fourth-order valence-electron chi connectivity index (χ4n) is 2.60. The molecule has 1 aliphatic carbocycles. The molecule has 0 N–H and O–H groups in total. The Hall–Kier alpha value is -1.34. The van der Waals surface area contributed by atoms with Gasteiger partial charge in [0.15, 0.2) is 0 Å². The van der Waals surface area contributed by atoms with E-state index in [1.54, 1.807) is 10.8 Å². The summed E-state index contributed by atoms with van der Waals surface area (Å²) in [4.78, 5) is 0. The first kappa shape index (κ1) is 10.8. The highest BCUT2D eigenvalue weighted by atomic mass is 28.2. The number of hydrogen-bond donors (Lipinski definition) is 0. The van der Waals surface area contributed by atoms with E-state index in [0.29, 0.717) is 0 Å². The Balaban J connectivity index is 2.11. The number of rotatable bonds is 2. The van der Waals surface area contributed by atoms with Crippen LogP contribution in [0.5, 0.6) is 0 Å². The van der Waals surface area contributed by atoms with Gasteiger partial charge in [-0.2, -0.15) is 0 Å². The van der Waals surface area contributed by atoms with Crippen molar-refractivity contribution < 1.29 is 0 Å². The van der Waals surface area contributed by atoms with Gasteiger partial charge >= 0.3 is 0 Å². The zero-order valence-electron chi connectivity index (χ0n) is 10.3. The molecule has 3 rings (SSSR count). The molecule has 2 aromatic rings. The van der Waals surface area contributed by atoms with Gasteiger partial charge < -0.3 is 0 Å². The van der Waals surface area contributed by atoms with E-state index in [1.165, 1.54) is 16.7 Å². The van der Waals surface area contributed by atoms with Crippen LogP contribution in [0.3, 0.4) is 0 Å². The molecule has 0 aliphatic heterocycles. The van der Waals surface area contributed by atoms with E-state index in [4.69, 9.17) is 0 Å². The Morgan fingerprint density at radius 1 is 0.941 bits per heavy atom. The van der Waals surface area contributed by atoms with Gasteiger partial charge in [0, 0.05) is 0 Å². The standard InChI is InChI=1S/C16H16Si/c1-11(2)17-16-9-5-8-14-13-7-4-3-6-12(13)10-15(14)16/h3-9,11H,10H2,1-2H3. The number of hydrogen-bond acceptors (Lipinski definition) is 0. The topological polar surface area (TPSA) is 0 Å². The Morgan fingerprint density at radius 3 is 2.53 bits per heavy atom. The maximum absolute atomic E-state index is 2.31. The quantitative estimate of drug-likeness (QED) is 0.598. The first-order valence-corrected chi connectivity index (χ1v) is 7.30. The number of benzene rings is 2. The van der Waals surface area contributed by atoms with Gasteiger partial charge in [0.05, 0.1) is 9.52 Å². The third-order valence-electron chi connectivity index (χ3n) is 3.29. The van der Waals surface area contributed by atoms with Crippen molar-refractivity contribution in [3.8, 4) is 11.1 Å². The highest BCUT2D eigenvalue weighted by Crippen LogP contribution is 2.35. The van der Waals surface area contributed by atoms with Crippen molar-refractivity contribution in [2.45, 2.75) is 25.8 Å². The first-order valence-electron chi connectivity index (χ1n) is 6.22. The molecule has 0 saturated carbocycles. The largest absolute Gasteiger partial charge is 0.0841 e. The summed E-state index contributed by atoms with van der Waals surface area (Å²) >= 11 is 0. The van der Waals surface area contributed by atoms with Crippen LogP contribution in [0.25, 0.3) is 11.1 Å². The second-order valence-corrected chi connectivity index (χ2v) is 6.95. The lowest BCUT2D eigenvalue weighted by Crippen LogP contribution is -2.20. The minimum absolute atomic E-state index is 0.755. The van der Waals surface area contributed by atoms with E-state index < -0.39 is 0 Å². The van der Waals surface area contributed by atoms with Gasteiger partial charge in [-0.3, -0.25) is 0 Å². The maximum atomic E-state index is 2.31. The minimum atomic E-state index is 0.755. The van der Waals surface area contributed by atoms with Crippen molar-refractivity contribution in [3.63, 3.8) is 0 Å². The Morgan fingerprint density at radius 2 is 1.71 bits per heavy atom. The van der Waals surface area contributed by atoms with E-state index in [0.717, 1.165) is 21.5 Å². The van der Waals surface area contributed by atoms with Gasteiger partial charge in [0.25, 0.3) is 0 Å². The lowest BCUT2D eigenvalue weighted by Gasteiger charge is -2.09. The summed E-state index contributed by atoms with van der Waals surface area (Å²) in [5, 5.41) is 1.56. The molecule has 0 saturated heterocycles. The Bertz CT molecular complexity index is 555. The molecule has 0 bridgehead atoms. The van der Waals surface area contributed by atoms with E-state index in [2.05, 4.69) is 56.3 Å². The zero-order valence-corrected chi connectivity index (χ0v) is 11.3. The summed E-state index contributed by atoms with van der Waals surface area (Å²) in [6.07, 6.45) is 1.13. The first-order chi connectivity index (χ1) is 8.25. The van der Waals surface area contributed by atoms with Crippen LogP contribution in [-0.2, 0) is 6.42 Å². The SMILES string of the molecule is CC(C)[Si]c1cccc2c1Cc1ccccc1-2. The van der Waals surface area contributed by atoms with E-state index in [1.807, 2.05) is 0 Å². The molecule has 0 aromatic heterocycles. The predicted octanol–water partition coefficient (Wildman–Crippen LogP) is 3.42. The van der Waals surface area contributed by atoms with Crippen LogP contribution < -0.4 is 5.19 Å². The van der Waals surface area contributed by atoms with Crippen molar-refractivity contribution in [2.24, 2.45) is 0 Å². The predicted molar refractivity (Wildman–Crippen MR) is 75.2 cm³/mol. The molecule has 0 nitrogen and oxygen atoms in total. The summed E-state index contributed by atoms with van der Waals surface area (Å²) in [7, 11) is 0.931. The molecule has 17 heavy (non-hydrogen) atoms. The minimum Gasteiger partial charge on any atom is -0.0653 e. The number of fused-ring (bicyclic) bond motifs is 3. The van der Waals surface area contributed by atoms with Crippen molar-refractivity contribution in [3.05, 3.63) is 53.6 Å². The molecule has 0 atom stereocenters. The third-order valence-corrected chi connectivity index (χ3v) is 4.65. The lowest BCUT2D eigenvalue weighted by atomic mass is 10.1. The van der Waals surface area contributed by atoms with Gasteiger partial charge in [-0.25, -0.2) is 0 Å². The molecule has 0 fully saturated rings. The molecular formula is C16H16Si. The molecule has 0 spiro atoms. The average molecular weight is 236 g/mol. The summed E-state index contributed by atoms with van der Waals surface area (Å²) in [6, 6.07) is 15.6. The van der Waals surface area contributed by atoms with Crippen molar-refractivity contribution >= 4 is 14.7 Å². The van der Waals surface area contributed by atoms with Gasteiger partial charge in [0.1, 0.15) is 0 Å². The molecule has 84 valence electrons. The maximum Gasteiger partial charge on any atom is 0.0841 e.